The first-order chi connectivity index (χ1) is 13.6. The van der Waals surface area contributed by atoms with Crippen molar-refractivity contribution in [2.75, 3.05) is 0 Å². The van der Waals surface area contributed by atoms with E-state index < -0.39 is 0 Å². The molecular formula is C24H27ClN2O. The fourth-order valence-corrected chi connectivity index (χ4v) is 4.92. The number of benzene rings is 2. The van der Waals surface area contributed by atoms with Crippen molar-refractivity contribution in [3.63, 3.8) is 0 Å². The van der Waals surface area contributed by atoms with Gasteiger partial charge in [-0.1, -0.05) is 48.9 Å². The van der Waals surface area contributed by atoms with Crippen LogP contribution in [0.25, 0.3) is 10.8 Å². The smallest absolute Gasteiger partial charge is 0.138 e. The van der Waals surface area contributed by atoms with Gasteiger partial charge in [-0.15, -0.1) is 0 Å². The summed E-state index contributed by atoms with van der Waals surface area (Å²) in [7, 11) is 0. The average Bonchev–Trinajstić information content (AvgIpc) is 2.76. The molecule has 3 aromatic rings. The number of nitrogens with zero attached hydrogens (tertiary/aromatic N) is 1. The molecule has 4 heteroatoms. The third-order valence-electron chi connectivity index (χ3n) is 6.34. The maximum Gasteiger partial charge on any atom is 0.138 e. The molecule has 0 spiro atoms. The van der Waals surface area contributed by atoms with Gasteiger partial charge in [0.05, 0.1) is 11.1 Å². The maximum atomic E-state index is 6.63. The summed E-state index contributed by atoms with van der Waals surface area (Å²) in [5.41, 5.74) is 8.03. The highest BCUT2D eigenvalue weighted by molar-refractivity contribution is 6.37. The number of fused-ring (bicyclic) bond motifs is 1. The topological polar surface area (TPSA) is 48.1 Å². The van der Waals surface area contributed by atoms with Gasteiger partial charge in [0.1, 0.15) is 5.75 Å². The summed E-state index contributed by atoms with van der Waals surface area (Å²) in [6.07, 6.45) is 8.76. The summed E-state index contributed by atoms with van der Waals surface area (Å²) in [6.45, 7) is 2.18. The van der Waals surface area contributed by atoms with Gasteiger partial charge >= 0.3 is 0 Å². The molecule has 0 radical (unpaired) electrons. The molecule has 0 bridgehead atoms. The number of halogens is 1. The third-order valence-corrected chi connectivity index (χ3v) is 6.73. The first-order valence-electron chi connectivity index (χ1n) is 10.1. The Morgan fingerprint density at radius 2 is 1.89 bits per heavy atom. The molecule has 1 atom stereocenters. The van der Waals surface area contributed by atoms with Crippen LogP contribution in [0.2, 0.25) is 5.02 Å². The van der Waals surface area contributed by atoms with Crippen molar-refractivity contribution in [1.29, 1.82) is 0 Å². The number of aromatic nitrogens is 1. The molecule has 2 N–H and O–H groups in total. The lowest BCUT2D eigenvalue weighted by Crippen LogP contribution is -2.48. The number of hydrogen-bond acceptors (Lipinski definition) is 3. The lowest BCUT2D eigenvalue weighted by Gasteiger charge is -2.44. The largest absolute Gasteiger partial charge is 0.489 e. The molecule has 1 aliphatic rings. The molecule has 1 aromatic heterocycles. The zero-order valence-electron chi connectivity index (χ0n) is 16.3. The monoisotopic (exact) mass is 394 g/mol. The Kier molecular flexibility index (Phi) is 5.56. The van der Waals surface area contributed by atoms with Gasteiger partial charge in [0.15, 0.2) is 0 Å². The molecule has 0 saturated heterocycles. The molecule has 0 aliphatic heterocycles. The normalized spacial score (nSPS) is 23.5. The predicted molar refractivity (Wildman–Crippen MR) is 116 cm³/mol. The molecule has 1 heterocycles. The van der Waals surface area contributed by atoms with Gasteiger partial charge in [-0.05, 0) is 55.9 Å². The van der Waals surface area contributed by atoms with Gasteiger partial charge in [0.25, 0.3) is 0 Å². The average molecular weight is 395 g/mol. The van der Waals surface area contributed by atoms with Crippen LogP contribution in [0.5, 0.6) is 5.75 Å². The van der Waals surface area contributed by atoms with Crippen LogP contribution in [0, 0.1) is 0 Å². The Bertz CT molecular complexity index is 936. The standard InChI is InChI=1S/C24H27ClN2O/c1-2-22(26)24(18-6-4-3-5-7-18)13-10-19(11-14-24)28-21-9-8-17-16-27-15-12-20(17)23(21)25/h3-9,12,15-16,19,22H,2,10-11,13-14,26H2,1H3. The van der Waals surface area contributed by atoms with Gasteiger partial charge in [0, 0.05) is 34.6 Å². The highest BCUT2D eigenvalue weighted by atomic mass is 35.5. The van der Waals surface area contributed by atoms with E-state index in [1.165, 1.54) is 5.56 Å². The Hall–Kier alpha value is -2.10. The van der Waals surface area contributed by atoms with Crippen molar-refractivity contribution in [3.05, 3.63) is 71.5 Å². The lowest BCUT2D eigenvalue weighted by molar-refractivity contribution is 0.104. The van der Waals surface area contributed by atoms with Crippen molar-refractivity contribution in [2.45, 2.75) is 56.6 Å². The van der Waals surface area contributed by atoms with Crippen LogP contribution in [-0.4, -0.2) is 17.1 Å². The molecule has 1 fully saturated rings. The molecule has 28 heavy (non-hydrogen) atoms. The number of ether oxygens (including phenoxy) is 1. The summed E-state index contributed by atoms with van der Waals surface area (Å²) >= 11 is 6.61. The Balaban J connectivity index is 1.53. The molecule has 146 valence electrons. The van der Waals surface area contributed by atoms with E-state index in [1.807, 2.05) is 24.4 Å². The van der Waals surface area contributed by atoms with Crippen molar-refractivity contribution in [2.24, 2.45) is 5.73 Å². The molecule has 1 unspecified atom stereocenters. The molecular weight excluding hydrogens is 368 g/mol. The van der Waals surface area contributed by atoms with Crippen molar-refractivity contribution >= 4 is 22.4 Å². The summed E-state index contributed by atoms with van der Waals surface area (Å²) in [6, 6.07) is 16.8. The second-order valence-corrected chi connectivity index (χ2v) is 8.21. The summed E-state index contributed by atoms with van der Waals surface area (Å²) in [5, 5.41) is 2.68. The third kappa shape index (κ3) is 3.49. The molecule has 4 rings (SSSR count). The summed E-state index contributed by atoms with van der Waals surface area (Å²) < 4.78 is 6.34. The SMILES string of the molecule is CCC(N)C1(c2ccccc2)CCC(Oc2ccc3cnccc3c2Cl)CC1. The Morgan fingerprint density at radius 3 is 2.61 bits per heavy atom. The van der Waals surface area contributed by atoms with E-state index in [0.29, 0.717) is 5.02 Å². The van der Waals surface area contributed by atoms with E-state index in [9.17, 15) is 0 Å². The van der Waals surface area contributed by atoms with E-state index in [4.69, 9.17) is 22.1 Å². The zero-order valence-corrected chi connectivity index (χ0v) is 17.0. The minimum atomic E-state index is 0.0364. The molecule has 0 amide bonds. The van der Waals surface area contributed by atoms with Crippen molar-refractivity contribution in [3.8, 4) is 5.75 Å². The highest BCUT2D eigenvalue weighted by Crippen LogP contribution is 2.44. The predicted octanol–water partition coefficient (Wildman–Crippen LogP) is 5.88. The van der Waals surface area contributed by atoms with Gasteiger partial charge < -0.3 is 10.5 Å². The fraction of sp³-hybridized carbons (Fsp3) is 0.375. The second-order valence-electron chi connectivity index (χ2n) is 7.83. The van der Waals surface area contributed by atoms with Crippen LogP contribution in [0.3, 0.4) is 0 Å². The number of hydrogen-bond donors (Lipinski definition) is 1. The Morgan fingerprint density at radius 1 is 1.14 bits per heavy atom. The molecule has 1 aliphatic carbocycles. The molecule has 2 aromatic carbocycles. The minimum Gasteiger partial charge on any atom is -0.489 e. The first kappa shape index (κ1) is 19.2. The highest BCUT2D eigenvalue weighted by Gasteiger charge is 2.41. The maximum absolute atomic E-state index is 6.63. The second kappa shape index (κ2) is 8.10. The van der Waals surface area contributed by atoms with Crippen LogP contribution < -0.4 is 10.5 Å². The van der Waals surface area contributed by atoms with Gasteiger partial charge in [-0.2, -0.15) is 0 Å². The van der Waals surface area contributed by atoms with Gasteiger partial charge in [0.2, 0.25) is 0 Å². The van der Waals surface area contributed by atoms with E-state index >= 15 is 0 Å². The van der Waals surface area contributed by atoms with Crippen LogP contribution >= 0.6 is 11.6 Å². The number of pyridine rings is 1. The first-order valence-corrected chi connectivity index (χ1v) is 10.5. The zero-order chi connectivity index (χ0) is 19.6. The van der Waals surface area contributed by atoms with Crippen molar-refractivity contribution < 1.29 is 4.74 Å². The van der Waals surface area contributed by atoms with E-state index in [2.05, 4.69) is 42.2 Å². The summed E-state index contributed by atoms with van der Waals surface area (Å²) in [4.78, 5) is 4.16. The van der Waals surface area contributed by atoms with Crippen molar-refractivity contribution in [1.82, 2.24) is 4.98 Å². The van der Waals surface area contributed by atoms with Crippen LogP contribution in [0.15, 0.2) is 60.9 Å². The fourth-order valence-electron chi connectivity index (χ4n) is 4.64. The molecule has 1 saturated carbocycles. The number of nitrogens with two attached hydrogens (primary N) is 1. The quantitative estimate of drug-likeness (QED) is 0.587. The van der Waals surface area contributed by atoms with E-state index in [1.54, 1.807) is 6.20 Å². The minimum absolute atomic E-state index is 0.0364. The number of rotatable bonds is 5. The van der Waals surface area contributed by atoms with Gasteiger partial charge in [-0.25, -0.2) is 0 Å². The van der Waals surface area contributed by atoms with E-state index in [-0.39, 0.29) is 17.6 Å². The van der Waals surface area contributed by atoms with Crippen LogP contribution in [0.4, 0.5) is 0 Å². The Labute approximate surface area is 171 Å². The van der Waals surface area contributed by atoms with E-state index in [0.717, 1.165) is 48.6 Å². The molecule has 3 nitrogen and oxygen atoms in total. The van der Waals surface area contributed by atoms with Crippen LogP contribution in [0.1, 0.15) is 44.6 Å². The van der Waals surface area contributed by atoms with Gasteiger partial charge in [-0.3, -0.25) is 4.98 Å². The van der Waals surface area contributed by atoms with Crippen LogP contribution in [-0.2, 0) is 5.41 Å². The summed E-state index contributed by atoms with van der Waals surface area (Å²) in [5.74, 6) is 0.761. The lowest BCUT2D eigenvalue weighted by atomic mass is 9.64.